The van der Waals surface area contributed by atoms with E-state index in [4.69, 9.17) is 0 Å². The molecule has 146 valence electrons. The van der Waals surface area contributed by atoms with Crippen LogP contribution >= 0.6 is 0 Å². The van der Waals surface area contributed by atoms with Gasteiger partial charge in [0.2, 0.25) is 5.91 Å². The molecule has 5 nitrogen and oxygen atoms in total. The Bertz CT molecular complexity index is 1010. The average Bonchev–Trinajstić information content (AvgIpc) is 2.76. The summed E-state index contributed by atoms with van der Waals surface area (Å²) in [5.74, 6) is -1.34. The van der Waals surface area contributed by atoms with E-state index >= 15 is 0 Å². The minimum absolute atomic E-state index is 0.327. The Morgan fingerprint density at radius 3 is 2.45 bits per heavy atom. The van der Waals surface area contributed by atoms with Gasteiger partial charge >= 0.3 is 0 Å². The summed E-state index contributed by atoms with van der Waals surface area (Å²) in [6.07, 6.45) is 6.07. The van der Waals surface area contributed by atoms with Crippen LogP contribution in [0.3, 0.4) is 0 Å². The monoisotopic (exact) mass is 385 g/mol. The molecule has 2 aromatic rings. The number of aryl methyl sites for hydroxylation is 1. The molecule has 1 atom stereocenters. The van der Waals surface area contributed by atoms with Gasteiger partial charge in [0.15, 0.2) is 0 Å². The van der Waals surface area contributed by atoms with Crippen LogP contribution in [0.5, 0.6) is 0 Å². The van der Waals surface area contributed by atoms with Gasteiger partial charge in [0.05, 0.1) is 17.7 Å². The van der Waals surface area contributed by atoms with Gasteiger partial charge in [-0.15, -0.1) is 0 Å². The van der Waals surface area contributed by atoms with E-state index < -0.39 is 11.5 Å². The van der Waals surface area contributed by atoms with Gasteiger partial charge in [-0.1, -0.05) is 42.3 Å². The molecule has 5 heteroatoms. The fraction of sp³-hybridized carbons (Fsp3) is 0.333. The lowest BCUT2D eigenvalue weighted by Gasteiger charge is -2.32. The van der Waals surface area contributed by atoms with Crippen LogP contribution in [0.15, 0.2) is 53.5 Å². The molecular formula is C24H23N3O2. The summed E-state index contributed by atoms with van der Waals surface area (Å²) in [4.78, 5) is 32.3. The van der Waals surface area contributed by atoms with E-state index in [0.29, 0.717) is 29.7 Å². The molecule has 1 saturated carbocycles. The summed E-state index contributed by atoms with van der Waals surface area (Å²) in [5.41, 5.74) is 1.99. The van der Waals surface area contributed by atoms with Crippen LogP contribution in [0.25, 0.3) is 0 Å². The summed E-state index contributed by atoms with van der Waals surface area (Å²) >= 11 is 0. The number of aliphatic imine (C=N–C) groups is 1. The van der Waals surface area contributed by atoms with Crippen molar-refractivity contribution in [3.63, 3.8) is 0 Å². The van der Waals surface area contributed by atoms with Crippen molar-refractivity contribution < 1.29 is 9.59 Å². The minimum Gasteiger partial charge on any atom is -0.275 e. The molecule has 1 aliphatic heterocycles. The van der Waals surface area contributed by atoms with Crippen molar-refractivity contribution in [1.29, 1.82) is 5.26 Å². The van der Waals surface area contributed by atoms with Gasteiger partial charge in [-0.25, -0.2) is 4.90 Å². The van der Waals surface area contributed by atoms with Crippen LogP contribution in [0.4, 0.5) is 5.69 Å². The summed E-state index contributed by atoms with van der Waals surface area (Å²) in [6.45, 7) is 1.96. The molecule has 0 radical (unpaired) electrons. The second-order valence-corrected chi connectivity index (χ2v) is 7.86. The number of nitriles is 1. The second-order valence-electron chi connectivity index (χ2n) is 7.86. The molecule has 29 heavy (non-hydrogen) atoms. The van der Waals surface area contributed by atoms with Crippen LogP contribution in [0, 0.1) is 18.3 Å². The highest BCUT2D eigenvalue weighted by Gasteiger charge is 2.39. The van der Waals surface area contributed by atoms with E-state index in [1.807, 2.05) is 25.1 Å². The van der Waals surface area contributed by atoms with Crippen LogP contribution < -0.4 is 4.90 Å². The van der Waals surface area contributed by atoms with E-state index in [0.717, 1.165) is 24.8 Å². The van der Waals surface area contributed by atoms with Gasteiger partial charge in [0, 0.05) is 11.8 Å². The van der Waals surface area contributed by atoms with Crippen molar-refractivity contribution in [3.8, 4) is 6.07 Å². The Labute approximate surface area is 170 Å². The number of hydrogen-bond acceptors (Lipinski definition) is 4. The highest BCUT2D eigenvalue weighted by molar-refractivity contribution is 6.29. The molecule has 0 saturated heterocycles. The van der Waals surface area contributed by atoms with Crippen LogP contribution in [-0.4, -0.2) is 23.6 Å². The minimum atomic E-state index is -0.760. The number of nitrogens with zero attached hydrogens (tertiary/aromatic N) is 3. The molecule has 0 spiro atoms. The van der Waals surface area contributed by atoms with Crippen molar-refractivity contribution in [3.05, 3.63) is 65.2 Å². The Morgan fingerprint density at radius 1 is 1.07 bits per heavy atom. The summed E-state index contributed by atoms with van der Waals surface area (Å²) in [6, 6.07) is 16.9. The van der Waals surface area contributed by atoms with Gasteiger partial charge < -0.3 is 0 Å². The summed E-state index contributed by atoms with van der Waals surface area (Å²) in [5, 5.41) is 9.72. The fourth-order valence-electron chi connectivity index (χ4n) is 4.16. The molecule has 1 heterocycles. The van der Waals surface area contributed by atoms with Crippen LogP contribution in [-0.2, 0) is 4.79 Å². The third kappa shape index (κ3) is 3.47. The molecule has 1 aliphatic carbocycles. The van der Waals surface area contributed by atoms with Crippen molar-refractivity contribution >= 4 is 23.7 Å². The lowest BCUT2D eigenvalue weighted by Crippen LogP contribution is -2.45. The lowest BCUT2D eigenvalue weighted by molar-refractivity contribution is -0.118. The Morgan fingerprint density at radius 2 is 1.76 bits per heavy atom. The highest BCUT2D eigenvalue weighted by Crippen LogP contribution is 2.35. The van der Waals surface area contributed by atoms with E-state index in [1.54, 1.807) is 36.5 Å². The number of anilines is 1. The lowest BCUT2D eigenvalue weighted by atomic mass is 9.83. The van der Waals surface area contributed by atoms with Gasteiger partial charge in [-0.2, -0.15) is 5.26 Å². The molecule has 2 aliphatic rings. The average molecular weight is 385 g/mol. The first-order valence-corrected chi connectivity index (χ1v) is 10.1. The fourth-order valence-corrected chi connectivity index (χ4v) is 4.16. The van der Waals surface area contributed by atoms with E-state index in [2.05, 4.69) is 11.1 Å². The Hall–Kier alpha value is -3.26. The van der Waals surface area contributed by atoms with Gasteiger partial charge in [-0.05, 0) is 56.4 Å². The number of amides is 2. The van der Waals surface area contributed by atoms with Crippen LogP contribution in [0.2, 0.25) is 0 Å². The number of rotatable bonds is 3. The zero-order valence-electron chi connectivity index (χ0n) is 16.5. The Balaban J connectivity index is 1.76. The van der Waals surface area contributed by atoms with E-state index in [-0.39, 0.29) is 11.8 Å². The first kappa shape index (κ1) is 19.1. The molecule has 2 amide bonds. The second kappa shape index (κ2) is 7.63. The molecule has 0 aromatic heterocycles. The normalized spacial score (nSPS) is 21.1. The predicted octanol–water partition coefficient (Wildman–Crippen LogP) is 4.56. The molecule has 1 fully saturated rings. The topological polar surface area (TPSA) is 73.5 Å². The van der Waals surface area contributed by atoms with Crippen molar-refractivity contribution in [2.75, 3.05) is 4.90 Å². The number of carbonyl (C=O) groups is 2. The van der Waals surface area contributed by atoms with Crippen molar-refractivity contribution in [2.24, 2.45) is 4.99 Å². The number of carbonyl (C=O) groups excluding carboxylic acids is 2. The zero-order chi connectivity index (χ0) is 20.4. The maximum Gasteiger partial charge on any atom is 0.265 e. The van der Waals surface area contributed by atoms with E-state index in [9.17, 15) is 14.9 Å². The Kier molecular flexibility index (Phi) is 5.02. The van der Waals surface area contributed by atoms with E-state index in [1.165, 1.54) is 4.90 Å². The van der Waals surface area contributed by atoms with Gasteiger partial charge in [-0.3, -0.25) is 14.6 Å². The first-order chi connectivity index (χ1) is 14.0. The summed E-state index contributed by atoms with van der Waals surface area (Å²) in [7, 11) is 0. The molecule has 0 unspecified atom stereocenters. The van der Waals surface area contributed by atoms with Crippen molar-refractivity contribution in [2.45, 2.75) is 50.5 Å². The number of hydrogen-bond donors (Lipinski definition) is 0. The first-order valence-electron chi connectivity index (χ1n) is 10.1. The number of fused-ring (bicyclic) bond motifs is 1. The number of benzene rings is 2. The predicted molar refractivity (Wildman–Crippen MR) is 112 cm³/mol. The standard InChI is InChI=1S/C24H23N3O2/c1-17-9-11-18(12-10-17)27-22(28)20-8-4-3-7-19(20)21(23(27)29)15-26-24(16-25)13-5-2-6-14-24/h3-4,7-12,15,21H,2,5-6,13-14H2,1H3/t21-/m1/s1. The highest BCUT2D eigenvalue weighted by atomic mass is 16.2. The molecule has 4 rings (SSSR count). The van der Waals surface area contributed by atoms with Crippen LogP contribution in [0.1, 0.15) is 59.5 Å². The summed E-state index contributed by atoms with van der Waals surface area (Å²) < 4.78 is 0. The third-order valence-corrected chi connectivity index (χ3v) is 5.87. The SMILES string of the molecule is Cc1ccc(N2C(=O)c3ccccc3[C@@H](C=NC3(C#N)CCCCC3)C2=O)cc1. The molecule has 2 aromatic carbocycles. The zero-order valence-corrected chi connectivity index (χ0v) is 16.5. The largest absolute Gasteiger partial charge is 0.275 e. The third-order valence-electron chi connectivity index (χ3n) is 5.87. The van der Waals surface area contributed by atoms with Gasteiger partial charge in [0.1, 0.15) is 5.54 Å². The van der Waals surface area contributed by atoms with Gasteiger partial charge in [0.25, 0.3) is 5.91 Å². The molecular weight excluding hydrogens is 362 g/mol. The van der Waals surface area contributed by atoms with Crippen molar-refractivity contribution in [1.82, 2.24) is 0 Å². The number of imide groups is 1. The maximum absolute atomic E-state index is 13.4. The molecule has 0 N–H and O–H groups in total. The molecule has 0 bridgehead atoms. The quantitative estimate of drug-likeness (QED) is 0.574. The smallest absolute Gasteiger partial charge is 0.265 e. The maximum atomic E-state index is 13.4.